The van der Waals surface area contributed by atoms with Crippen molar-refractivity contribution in [1.82, 2.24) is 15.4 Å². The van der Waals surface area contributed by atoms with Gasteiger partial charge in [0.05, 0.1) is 17.0 Å². The number of rotatable bonds is 5. The first-order chi connectivity index (χ1) is 11.3. The van der Waals surface area contributed by atoms with Crippen LogP contribution in [-0.4, -0.2) is 15.9 Å². The minimum absolute atomic E-state index is 0.0810. The Morgan fingerprint density at radius 1 is 1.38 bits per heavy atom. The van der Waals surface area contributed by atoms with Crippen molar-refractivity contribution in [3.8, 4) is 5.75 Å². The lowest BCUT2D eigenvalue weighted by molar-refractivity contribution is 0.0949. The quantitative estimate of drug-likeness (QED) is 0.408. The number of nitrogens with one attached hydrogen (secondary N) is 1. The number of halogens is 1. The SMILES string of the molecule is Cc1nc(N)nc(COc2ccc(Br)cc2C(C)C)c1C(=O)NN. The van der Waals surface area contributed by atoms with Crippen LogP contribution >= 0.6 is 15.9 Å². The number of carbonyl (C=O) groups excluding carboxylic acids is 1. The third-order valence-corrected chi connectivity index (χ3v) is 3.99. The fourth-order valence-corrected chi connectivity index (χ4v) is 2.75. The fraction of sp³-hybridized carbons (Fsp3) is 0.312. The third kappa shape index (κ3) is 4.01. The van der Waals surface area contributed by atoms with Crippen molar-refractivity contribution in [2.75, 3.05) is 5.73 Å². The number of hydrazine groups is 1. The van der Waals surface area contributed by atoms with Crippen LogP contribution in [-0.2, 0) is 6.61 Å². The van der Waals surface area contributed by atoms with E-state index in [1.54, 1.807) is 6.92 Å². The summed E-state index contributed by atoms with van der Waals surface area (Å²) in [7, 11) is 0. The molecule has 0 bridgehead atoms. The largest absolute Gasteiger partial charge is 0.487 e. The Balaban J connectivity index is 2.35. The summed E-state index contributed by atoms with van der Waals surface area (Å²) in [5.74, 6) is 5.84. The molecule has 1 aromatic heterocycles. The predicted molar refractivity (Wildman–Crippen MR) is 95.4 cm³/mol. The van der Waals surface area contributed by atoms with Crippen molar-refractivity contribution in [2.24, 2.45) is 5.84 Å². The van der Waals surface area contributed by atoms with E-state index in [1.807, 2.05) is 18.2 Å². The predicted octanol–water partition coefficient (Wildman–Crippen LogP) is 2.44. The lowest BCUT2D eigenvalue weighted by Crippen LogP contribution is -2.32. The maximum absolute atomic E-state index is 12.0. The smallest absolute Gasteiger partial charge is 0.269 e. The summed E-state index contributed by atoms with van der Waals surface area (Å²) in [6, 6.07) is 5.78. The van der Waals surface area contributed by atoms with E-state index >= 15 is 0 Å². The molecule has 0 atom stereocenters. The lowest BCUT2D eigenvalue weighted by Gasteiger charge is -2.16. The van der Waals surface area contributed by atoms with Crippen molar-refractivity contribution < 1.29 is 9.53 Å². The Hall–Kier alpha value is -2.19. The molecular weight excluding hydrogens is 374 g/mol. The van der Waals surface area contributed by atoms with Gasteiger partial charge < -0.3 is 10.5 Å². The molecule has 5 N–H and O–H groups in total. The van der Waals surface area contributed by atoms with Gasteiger partial charge in [-0.3, -0.25) is 10.2 Å². The molecule has 0 aliphatic rings. The highest BCUT2D eigenvalue weighted by atomic mass is 79.9. The summed E-state index contributed by atoms with van der Waals surface area (Å²) in [4.78, 5) is 20.1. The first-order valence-electron chi connectivity index (χ1n) is 7.39. The molecular formula is C16H20BrN5O2. The molecule has 0 spiro atoms. The molecule has 7 nitrogen and oxygen atoms in total. The molecule has 128 valence electrons. The number of amides is 1. The van der Waals surface area contributed by atoms with Crippen LogP contribution < -0.4 is 21.7 Å². The van der Waals surface area contributed by atoms with Crippen molar-refractivity contribution in [2.45, 2.75) is 33.3 Å². The molecule has 1 amide bonds. The van der Waals surface area contributed by atoms with E-state index in [4.69, 9.17) is 16.3 Å². The van der Waals surface area contributed by atoms with Gasteiger partial charge in [0.15, 0.2) is 0 Å². The topological polar surface area (TPSA) is 116 Å². The molecule has 0 radical (unpaired) electrons. The van der Waals surface area contributed by atoms with Gasteiger partial charge in [-0.2, -0.15) is 0 Å². The number of aryl methyl sites for hydroxylation is 1. The molecule has 2 rings (SSSR count). The number of hydrogen-bond donors (Lipinski definition) is 3. The van der Waals surface area contributed by atoms with Crippen LogP contribution in [0.15, 0.2) is 22.7 Å². The number of nitrogen functional groups attached to an aromatic ring is 2. The maximum Gasteiger partial charge on any atom is 0.269 e. The third-order valence-electron chi connectivity index (χ3n) is 3.50. The van der Waals surface area contributed by atoms with Gasteiger partial charge in [0.2, 0.25) is 5.95 Å². The minimum Gasteiger partial charge on any atom is -0.487 e. The molecule has 1 heterocycles. The number of anilines is 1. The Bertz CT molecular complexity index is 764. The van der Waals surface area contributed by atoms with Crippen molar-refractivity contribution in [3.05, 3.63) is 45.2 Å². The van der Waals surface area contributed by atoms with Gasteiger partial charge in [-0.25, -0.2) is 15.8 Å². The average molecular weight is 394 g/mol. The van der Waals surface area contributed by atoms with Gasteiger partial charge in [0, 0.05) is 4.47 Å². The standard InChI is InChI=1S/C16H20BrN5O2/c1-8(2)11-6-10(17)4-5-13(11)24-7-12-14(15(23)22-19)9(3)20-16(18)21-12/h4-6,8H,7,19H2,1-3H3,(H,22,23)(H2,18,20,21). The summed E-state index contributed by atoms with van der Waals surface area (Å²) >= 11 is 3.46. The number of benzene rings is 1. The highest BCUT2D eigenvalue weighted by molar-refractivity contribution is 9.10. The zero-order valence-electron chi connectivity index (χ0n) is 13.8. The van der Waals surface area contributed by atoms with Gasteiger partial charge >= 0.3 is 0 Å². The Morgan fingerprint density at radius 2 is 2.08 bits per heavy atom. The van der Waals surface area contributed by atoms with Crippen LogP contribution in [0.5, 0.6) is 5.75 Å². The van der Waals surface area contributed by atoms with Crippen LogP contribution in [0.3, 0.4) is 0 Å². The lowest BCUT2D eigenvalue weighted by atomic mass is 10.0. The van der Waals surface area contributed by atoms with Gasteiger partial charge in [-0.1, -0.05) is 29.8 Å². The summed E-state index contributed by atoms with van der Waals surface area (Å²) in [5, 5.41) is 0. The number of nitrogens with zero attached hydrogens (tertiary/aromatic N) is 2. The molecule has 0 aliphatic carbocycles. The van der Waals surface area contributed by atoms with Crippen molar-refractivity contribution in [3.63, 3.8) is 0 Å². The fourth-order valence-electron chi connectivity index (χ4n) is 2.38. The zero-order chi connectivity index (χ0) is 17.9. The molecule has 8 heteroatoms. The maximum atomic E-state index is 12.0. The van der Waals surface area contributed by atoms with Crippen LogP contribution in [0.4, 0.5) is 5.95 Å². The molecule has 0 unspecified atom stereocenters. The normalized spacial score (nSPS) is 10.8. The summed E-state index contributed by atoms with van der Waals surface area (Å²) in [6.45, 7) is 5.91. The second-order valence-corrected chi connectivity index (χ2v) is 6.50. The van der Waals surface area contributed by atoms with Crippen LogP contribution in [0.2, 0.25) is 0 Å². The van der Waals surface area contributed by atoms with E-state index < -0.39 is 5.91 Å². The van der Waals surface area contributed by atoms with E-state index in [0.29, 0.717) is 11.4 Å². The number of carbonyl (C=O) groups is 1. The number of nitrogens with two attached hydrogens (primary N) is 2. The van der Waals surface area contributed by atoms with E-state index in [0.717, 1.165) is 15.8 Å². The van der Waals surface area contributed by atoms with Crippen LogP contribution in [0, 0.1) is 6.92 Å². The van der Waals surface area contributed by atoms with Crippen molar-refractivity contribution >= 4 is 27.8 Å². The summed E-state index contributed by atoms with van der Waals surface area (Å²) < 4.78 is 6.87. The Labute approximate surface area is 148 Å². The molecule has 0 aliphatic heterocycles. The Kier molecular flexibility index (Phi) is 5.74. The highest BCUT2D eigenvalue weighted by Gasteiger charge is 2.18. The molecule has 0 saturated heterocycles. The molecule has 24 heavy (non-hydrogen) atoms. The summed E-state index contributed by atoms with van der Waals surface area (Å²) in [6.07, 6.45) is 0. The average Bonchev–Trinajstić information content (AvgIpc) is 2.52. The second kappa shape index (κ2) is 7.59. The summed E-state index contributed by atoms with van der Waals surface area (Å²) in [5.41, 5.74) is 9.95. The van der Waals surface area contributed by atoms with E-state index in [1.165, 1.54) is 0 Å². The van der Waals surface area contributed by atoms with E-state index in [2.05, 4.69) is 45.2 Å². The molecule has 1 aromatic carbocycles. The number of ether oxygens (including phenoxy) is 1. The van der Waals surface area contributed by atoms with Gasteiger partial charge in [0.1, 0.15) is 12.4 Å². The Morgan fingerprint density at radius 3 is 2.71 bits per heavy atom. The first-order valence-corrected chi connectivity index (χ1v) is 8.19. The van der Waals surface area contributed by atoms with Gasteiger partial charge in [0.25, 0.3) is 5.91 Å². The zero-order valence-corrected chi connectivity index (χ0v) is 15.3. The van der Waals surface area contributed by atoms with Gasteiger partial charge in [-0.05, 0) is 36.6 Å². The molecule has 2 aromatic rings. The number of hydrogen-bond acceptors (Lipinski definition) is 6. The molecule has 0 saturated carbocycles. The monoisotopic (exact) mass is 393 g/mol. The number of aromatic nitrogens is 2. The van der Waals surface area contributed by atoms with Crippen LogP contribution in [0.1, 0.15) is 47.1 Å². The highest BCUT2D eigenvalue weighted by Crippen LogP contribution is 2.30. The second-order valence-electron chi connectivity index (χ2n) is 5.59. The van der Waals surface area contributed by atoms with Crippen LogP contribution in [0.25, 0.3) is 0 Å². The van der Waals surface area contributed by atoms with Crippen molar-refractivity contribution in [1.29, 1.82) is 0 Å². The van der Waals surface area contributed by atoms with E-state index in [9.17, 15) is 4.79 Å². The minimum atomic E-state index is -0.481. The first kappa shape index (κ1) is 18.2. The van der Waals surface area contributed by atoms with E-state index in [-0.39, 0.29) is 24.0 Å². The molecule has 0 fully saturated rings. The van der Waals surface area contributed by atoms with Gasteiger partial charge in [-0.15, -0.1) is 0 Å².